The van der Waals surface area contributed by atoms with Crippen LogP contribution in [0.5, 0.6) is 0 Å². The van der Waals surface area contributed by atoms with E-state index >= 15 is 0 Å². The number of carboxylic acid groups (broad SMARTS) is 2. The first-order valence-electron chi connectivity index (χ1n) is 9.20. The van der Waals surface area contributed by atoms with Crippen LogP contribution in [0.3, 0.4) is 0 Å². The number of ether oxygens (including phenoxy) is 2. The second-order valence-electron chi connectivity index (χ2n) is 5.64. The molecule has 0 heterocycles. The summed E-state index contributed by atoms with van der Waals surface area (Å²) in [6.07, 6.45) is 4.13. The highest BCUT2D eigenvalue weighted by atomic mass is 16.6. The molecule has 8 nitrogen and oxygen atoms in total. The van der Waals surface area contributed by atoms with Crippen molar-refractivity contribution >= 4 is 11.9 Å². The number of aliphatic carboxylic acids is 2. The summed E-state index contributed by atoms with van der Waals surface area (Å²) in [5.41, 5.74) is 0. The van der Waals surface area contributed by atoms with Crippen LogP contribution in [0.25, 0.3) is 0 Å². The van der Waals surface area contributed by atoms with Crippen LogP contribution in [0, 0.1) is 0 Å². The topological polar surface area (TPSA) is 134 Å². The Hall–Kier alpha value is -1.22. The summed E-state index contributed by atoms with van der Waals surface area (Å²) in [4.78, 5) is 19.8. The fourth-order valence-electron chi connectivity index (χ4n) is 1.35. The van der Waals surface area contributed by atoms with Crippen LogP contribution in [0.4, 0.5) is 0 Å². The molecule has 0 fully saturated rings. The number of hydrogen-bond donors (Lipinski definition) is 4. The quantitative estimate of drug-likeness (QED) is 0.282. The summed E-state index contributed by atoms with van der Waals surface area (Å²) in [5.74, 6) is -1.74. The van der Waals surface area contributed by atoms with Gasteiger partial charge in [0.15, 0.2) is 12.6 Å². The van der Waals surface area contributed by atoms with Crippen LogP contribution >= 0.6 is 0 Å². The molecule has 0 aromatic heterocycles. The van der Waals surface area contributed by atoms with Gasteiger partial charge in [-0.3, -0.25) is 9.59 Å². The summed E-state index contributed by atoms with van der Waals surface area (Å²) >= 11 is 0. The SMILES string of the molecule is CCCCOC(C)O.CCCCOC(C)O.O=C(O)CCCCC(=O)O. The van der Waals surface area contributed by atoms with E-state index in [1.54, 1.807) is 13.8 Å². The summed E-state index contributed by atoms with van der Waals surface area (Å²) in [6.45, 7) is 8.77. The Morgan fingerprint density at radius 2 is 1.04 bits per heavy atom. The van der Waals surface area contributed by atoms with E-state index < -0.39 is 24.5 Å². The Kier molecular flexibility index (Phi) is 27.0. The molecule has 0 aromatic carbocycles. The van der Waals surface area contributed by atoms with Crippen LogP contribution in [0.1, 0.15) is 79.1 Å². The van der Waals surface area contributed by atoms with Crippen LogP contribution in [-0.2, 0) is 19.1 Å². The monoisotopic (exact) mass is 382 g/mol. The molecule has 26 heavy (non-hydrogen) atoms. The number of hydrogen-bond acceptors (Lipinski definition) is 6. The summed E-state index contributed by atoms with van der Waals surface area (Å²) < 4.78 is 9.68. The van der Waals surface area contributed by atoms with Crippen LogP contribution in [0.2, 0.25) is 0 Å². The van der Waals surface area contributed by atoms with Gasteiger partial charge in [0.25, 0.3) is 0 Å². The lowest BCUT2D eigenvalue weighted by Crippen LogP contribution is -2.06. The van der Waals surface area contributed by atoms with Gasteiger partial charge in [-0.05, 0) is 39.5 Å². The Morgan fingerprint density at radius 1 is 0.731 bits per heavy atom. The highest BCUT2D eigenvalue weighted by Gasteiger charge is 1.99. The van der Waals surface area contributed by atoms with Crippen molar-refractivity contribution in [2.45, 2.75) is 91.6 Å². The van der Waals surface area contributed by atoms with Gasteiger partial charge in [0.1, 0.15) is 0 Å². The normalized spacial score (nSPS) is 12.1. The molecule has 8 heteroatoms. The first-order chi connectivity index (χ1) is 12.2. The maximum atomic E-state index is 9.90. The lowest BCUT2D eigenvalue weighted by molar-refractivity contribution is -0.139. The van der Waals surface area contributed by atoms with E-state index in [-0.39, 0.29) is 12.8 Å². The molecule has 158 valence electrons. The van der Waals surface area contributed by atoms with Gasteiger partial charge in [-0.1, -0.05) is 26.7 Å². The van der Waals surface area contributed by atoms with E-state index in [1.807, 2.05) is 0 Å². The summed E-state index contributed by atoms with van der Waals surface area (Å²) in [5, 5.41) is 33.4. The lowest BCUT2D eigenvalue weighted by atomic mass is 10.2. The van der Waals surface area contributed by atoms with Gasteiger partial charge in [-0.2, -0.15) is 0 Å². The van der Waals surface area contributed by atoms with E-state index in [2.05, 4.69) is 13.8 Å². The highest BCUT2D eigenvalue weighted by Crippen LogP contribution is 1.98. The van der Waals surface area contributed by atoms with Crippen molar-refractivity contribution < 1.29 is 39.5 Å². The molecule has 0 spiro atoms. The number of unbranched alkanes of at least 4 members (excludes halogenated alkanes) is 3. The maximum Gasteiger partial charge on any atom is 0.303 e. The zero-order valence-corrected chi connectivity index (χ0v) is 16.6. The van der Waals surface area contributed by atoms with Crippen molar-refractivity contribution in [2.24, 2.45) is 0 Å². The van der Waals surface area contributed by atoms with E-state index in [0.29, 0.717) is 26.1 Å². The fourth-order valence-corrected chi connectivity index (χ4v) is 1.35. The predicted octanol–water partition coefficient (Wildman–Crippen LogP) is 3.00. The standard InChI is InChI=1S/C6H10O4.2C6H14O2/c7-5(8)3-1-2-4-6(9)10;2*1-3-4-5-8-6(2)7/h1-4H2,(H,7,8)(H,9,10);2*6-7H,3-5H2,1-2H3. The van der Waals surface area contributed by atoms with Crippen molar-refractivity contribution in [3.63, 3.8) is 0 Å². The van der Waals surface area contributed by atoms with Crippen LogP contribution in [0.15, 0.2) is 0 Å². The number of rotatable bonds is 13. The molecular formula is C18H38O8. The van der Waals surface area contributed by atoms with Crippen LogP contribution < -0.4 is 0 Å². The molecule has 0 aromatic rings. The van der Waals surface area contributed by atoms with Crippen molar-refractivity contribution in [2.75, 3.05) is 13.2 Å². The first kappa shape index (κ1) is 29.5. The van der Waals surface area contributed by atoms with E-state index in [4.69, 9.17) is 29.9 Å². The molecule has 0 saturated heterocycles. The molecule has 0 aliphatic carbocycles. The van der Waals surface area contributed by atoms with Gasteiger partial charge in [-0.25, -0.2) is 0 Å². The minimum absolute atomic E-state index is 0.0628. The van der Waals surface area contributed by atoms with Crippen molar-refractivity contribution in [1.82, 2.24) is 0 Å². The number of carbonyl (C=O) groups is 2. The van der Waals surface area contributed by atoms with Gasteiger partial charge in [-0.15, -0.1) is 0 Å². The average Bonchev–Trinajstić information content (AvgIpc) is 2.52. The van der Waals surface area contributed by atoms with Gasteiger partial charge in [0, 0.05) is 26.1 Å². The number of aliphatic hydroxyl groups excluding tert-OH is 2. The maximum absolute atomic E-state index is 9.90. The molecular weight excluding hydrogens is 344 g/mol. The molecule has 4 N–H and O–H groups in total. The third-order valence-corrected chi connectivity index (χ3v) is 2.75. The zero-order chi connectivity index (χ0) is 20.8. The Balaban J connectivity index is -0.000000308. The first-order valence-corrected chi connectivity index (χ1v) is 9.20. The second-order valence-corrected chi connectivity index (χ2v) is 5.64. The molecule has 0 radical (unpaired) electrons. The summed E-state index contributed by atoms with van der Waals surface area (Å²) in [6, 6.07) is 0. The second kappa shape index (κ2) is 23.8. The van der Waals surface area contributed by atoms with E-state index in [1.165, 1.54) is 0 Å². The number of carboxylic acids is 2. The van der Waals surface area contributed by atoms with Crippen molar-refractivity contribution in [1.29, 1.82) is 0 Å². The Morgan fingerprint density at radius 3 is 1.23 bits per heavy atom. The molecule has 0 bridgehead atoms. The molecule has 2 atom stereocenters. The van der Waals surface area contributed by atoms with Crippen LogP contribution in [-0.4, -0.2) is 58.2 Å². The van der Waals surface area contributed by atoms with Gasteiger partial charge >= 0.3 is 11.9 Å². The molecule has 2 unspecified atom stereocenters. The third kappa shape index (κ3) is 43.4. The molecule has 0 saturated carbocycles. The Labute approximate surface area is 157 Å². The Bertz CT molecular complexity index is 276. The average molecular weight is 382 g/mol. The van der Waals surface area contributed by atoms with E-state index in [9.17, 15) is 9.59 Å². The lowest BCUT2D eigenvalue weighted by Gasteiger charge is -2.03. The fraction of sp³-hybridized carbons (Fsp3) is 0.889. The molecule has 0 rings (SSSR count). The summed E-state index contributed by atoms with van der Waals surface area (Å²) in [7, 11) is 0. The van der Waals surface area contributed by atoms with Gasteiger partial charge in [0.05, 0.1) is 0 Å². The largest absolute Gasteiger partial charge is 0.481 e. The number of aliphatic hydroxyl groups is 2. The smallest absolute Gasteiger partial charge is 0.303 e. The van der Waals surface area contributed by atoms with E-state index in [0.717, 1.165) is 25.7 Å². The molecule has 0 aliphatic rings. The zero-order valence-electron chi connectivity index (χ0n) is 16.6. The van der Waals surface area contributed by atoms with Gasteiger partial charge in [0.2, 0.25) is 0 Å². The molecule has 0 aliphatic heterocycles. The molecule has 0 amide bonds. The minimum atomic E-state index is -0.870. The van der Waals surface area contributed by atoms with Crippen molar-refractivity contribution in [3.8, 4) is 0 Å². The van der Waals surface area contributed by atoms with Crippen molar-refractivity contribution in [3.05, 3.63) is 0 Å². The van der Waals surface area contributed by atoms with Gasteiger partial charge < -0.3 is 29.9 Å². The third-order valence-electron chi connectivity index (χ3n) is 2.75. The minimum Gasteiger partial charge on any atom is -0.481 e. The highest BCUT2D eigenvalue weighted by molar-refractivity contribution is 5.67. The predicted molar refractivity (Wildman–Crippen MR) is 98.8 cm³/mol.